The smallest absolute Gasteiger partial charge is 0.0710 e. The zero-order chi connectivity index (χ0) is 14.6. The van der Waals surface area contributed by atoms with Crippen molar-refractivity contribution in [3.63, 3.8) is 0 Å². The minimum Gasteiger partial charge on any atom is -0.371 e. The highest BCUT2D eigenvalue weighted by atomic mass is 16.5. The second-order valence-electron chi connectivity index (χ2n) is 7.33. The van der Waals surface area contributed by atoms with E-state index >= 15 is 0 Å². The average molecular weight is 282 g/mol. The Balaban J connectivity index is 1.89. The number of hydrogen-bond donors (Lipinski definition) is 1. The molecule has 2 rings (SSSR count). The SMILES string of the molecule is CCCC1CN(CC2CCC(C)(C)O2)C(CCC)CN1. The second-order valence-corrected chi connectivity index (χ2v) is 7.33. The summed E-state index contributed by atoms with van der Waals surface area (Å²) in [5.41, 5.74) is 0.0990. The lowest BCUT2D eigenvalue weighted by atomic mass is 10.0. The van der Waals surface area contributed by atoms with Crippen LogP contribution in [-0.4, -0.2) is 48.3 Å². The zero-order valence-electron chi connectivity index (χ0n) is 14.0. The third-order valence-electron chi connectivity index (χ3n) is 4.86. The Kier molecular flexibility index (Phi) is 5.88. The normalized spacial score (nSPS) is 34.5. The third-order valence-corrected chi connectivity index (χ3v) is 4.86. The summed E-state index contributed by atoms with van der Waals surface area (Å²) in [5.74, 6) is 0. The van der Waals surface area contributed by atoms with E-state index in [4.69, 9.17) is 4.74 Å². The van der Waals surface area contributed by atoms with Crippen molar-refractivity contribution < 1.29 is 4.74 Å². The van der Waals surface area contributed by atoms with Gasteiger partial charge in [-0.3, -0.25) is 4.90 Å². The Morgan fingerprint density at radius 1 is 1.20 bits per heavy atom. The van der Waals surface area contributed by atoms with E-state index in [0.717, 1.165) is 13.1 Å². The van der Waals surface area contributed by atoms with Gasteiger partial charge in [-0.2, -0.15) is 0 Å². The number of hydrogen-bond acceptors (Lipinski definition) is 3. The second kappa shape index (κ2) is 7.24. The van der Waals surface area contributed by atoms with Crippen LogP contribution >= 0.6 is 0 Å². The predicted octanol–water partition coefficient (Wildman–Crippen LogP) is 3.19. The molecule has 2 aliphatic heterocycles. The lowest BCUT2D eigenvalue weighted by molar-refractivity contribution is -0.0392. The molecule has 0 aromatic rings. The summed E-state index contributed by atoms with van der Waals surface area (Å²) in [6.07, 6.45) is 8.04. The molecule has 2 fully saturated rings. The average Bonchev–Trinajstić information content (AvgIpc) is 2.72. The largest absolute Gasteiger partial charge is 0.371 e. The molecule has 0 bridgehead atoms. The van der Waals surface area contributed by atoms with Crippen molar-refractivity contribution in [2.24, 2.45) is 0 Å². The fraction of sp³-hybridized carbons (Fsp3) is 1.00. The Morgan fingerprint density at radius 2 is 1.95 bits per heavy atom. The van der Waals surface area contributed by atoms with Crippen LogP contribution in [-0.2, 0) is 4.74 Å². The van der Waals surface area contributed by atoms with E-state index in [9.17, 15) is 0 Å². The van der Waals surface area contributed by atoms with Gasteiger partial charge in [0.05, 0.1) is 11.7 Å². The van der Waals surface area contributed by atoms with E-state index in [1.54, 1.807) is 0 Å². The molecule has 0 aromatic carbocycles. The monoisotopic (exact) mass is 282 g/mol. The molecule has 3 heteroatoms. The van der Waals surface area contributed by atoms with Gasteiger partial charge in [0.25, 0.3) is 0 Å². The summed E-state index contributed by atoms with van der Waals surface area (Å²) in [7, 11) is 0. The van der Waals surface area contributed by atoms with Gasteiger partial charge in [0.2, 0.25) is 0 Å². The molecule has 0 aliphatic carbocycles. The zero-order valence-corrected chi connectivity index (χ0v) is 14.0. The van der Waals surface area contributed by atoms with Crippen molar-refractivity contribution in [3.05, 3.63) is 0 Å². The molecule has 20 heavy (non-hydrogen) atoms. The summed E-state index contributed by atoms with van der Waals surface area (Å²) in [6, 6.07) is 1.39. The first-order valence-electron chi connectivity index (χ1n) is 8.69. The van der Waals surface area contributed by atoms with Gasteiger partial charge in [-0.05, 0) is 39.5 Å². The molecule has 0 spiro atoms. The molecule has 3 unspecified atom stereocenters. The Morgan fingerprint density at radius 3 is 2.55 bits per heavy atom. The summed E-state index contributed by atoms with van der Waals surface area (Å²) < 4.78 is 6.21. The molecule has 0 radical (unpaired) electrons. The number of nitrogens with zero attached hydrogens (tertiary/aromatic N) is 1. The van der Waals surface area contributed by atoms with Crippen LogP contribution in [0.5, 0.6) is 0 Å². The minimum absolute atomic E-state index is 0.0990. The number of rotatable bonds is 6. The van der Waals surface area contributed by atoms with Gasteiger partial charge in [-0.15, -0.1) is 0 Å². The van der Waals surface area contributed by atoms with E-state index in [1.165, 1.54) is 45.1 Å². The maximum atomic E-state index is 6.21. The molecule has 2 heterocycles. The topological polar surface area (TPSA) is 24.5 Å². The Labute approximate surface area is 125 Å². The number of piperazine rings is 1. The molecule has 0 aromatic heterocycles. The summed E-state index contributed by atoms with van der Waals surface area (Å²) in [6.45, 7) is 12.5. The maximum Gasteiger partial charge on any atom is 0.0710 e. The van der Waals surface area contributed by atoms with Crippen LogP contribution < -0.4 is 5.32 Å². The summed E-state index contributed by atoms with van der Waals surface area (Å²) in [4.78, 5) is 2.71. The van der Waals surface area contributed by atoms with Gasteiger partial charge >= 0.3 is 0 Å². The maximum absolute atomic E-state index is 6.21. The van der Waals surface area contributed by atoms with Crippen LogP contribution in [0.1, 0.15) is 66.2 Å². The van der Waals surface area contributed by atoms with Crippen LogP contribution in [0.3, 0.4) is 0 Å². The predicted molar refractivity (Wildman–Crippen MR) is 85.2 cm³/mol. The molecule has 3 atom stereocenters. The molecule has 118 valence electrons. The molecule has 0 saturated carbocycles. The van der Waals surface area contributed by atoms with Gasteiger partial charge in [0, 0.05) is 31.7 Å². The summed E-state index contributed by atoms with van der Waals surface area (Å²) in [5, 5.41) is 3.74. The van der Waals surface area contributed by atoms with Crippen molar-refractivity contribution in [2.75, 3.05) is 19.6 Å². The molecule has 1 N–H and O–H groups in total. The Hall–Kier alpha value is -0.120. The Bertz CT molecular complexity index is 293. The van der Waals surface area contributed by atoms with E-state index in [1.807, 2.05) is 0 Å². The molecule has 2 saturated heterocycles. The third kappa shape index (κ3) is 4.44. The van der Waals surface area contributed by atoms with Crippen molar-refractivity contribution in [1.29, 1.82) is 0 Å². The first-order chi connectivity index (χ1) is 9.54. The van der Waals surface area contributed by atoms with Crippen LogP contribution in [0.15, 0.2) is 0 Å². The quantitative estimate of drug-likeness (QED) is 0.810. The lowest BCUT2D eigenvalue weighted by Gasteiger charge is -2.41. The molecule has 0 amide bonds. The lowest BCUT2D eigenvalue weighted by Crippen LogP contribution is -2.57. The van der Waals surface area contributed by atoms with Crippen molar-refractivity contribution >= 4 is 0 Å². The van der Waals surface area contributed by atoms with Crippen LogP contribution in [0.2, 0.25) is 0 Å². The number of ether oxygens (including phenoxy) is 1. The van der Waals surface area contributed by atoms with Crippen molar-refractivity contribution in [2.45, 2.75) is 90.0 Å². The summed E-state index contributed by atoms with van der Waals surface area (Å²) >= 11 is 0. The van der Waals surface area contributed by atoms with E-state index in [-0.39, 0.29) is 5.60 Å². The van der Waals surface area contributed by atoms with Crippen molar-refractivity contribution in [3.8, 4) is 0 Å². The minimum atomic E-state index is 0.0990. The number of nitrogens with one attached hydrogen (secondary N) is 1. The van der Waals surface area contributed by atoms with Crippen LogP contribution in [0, 0.1) is 0 Å². The van der Waals surface area contributed by atoms with Crippen molar-refractivity contribution in [1.82, 2.24) is 10.2 Å². The van der Waals surface area contributed by atoms with E-state index < -0.39 is 0 Å². The molecule has 3 nitrogen and oxygen atoms in total. The molecular formula is C17H34N2O. The highest BCUT2D eigenvalue weighted by Crippen LogP contribution is 2.30. The van der Waals surface area contributed by atoms with Crippen LogP contribution in [0.4, 0.5) is 0 Å². The van der Waals surface area contributed by atoms with Gasteiger partial charge in [-0.25, -0.2) is 0 Å². The standard InChI is InChI=1S/C17H34N2O/c1-5-7-14-12-19(15(8-6-2)11-18-14)13-16-9-10-17(3,4)20-16/h14-16,18H,5-13H2,1-4H3. The highest BCUT2D eigenvalue weighted by molar-refractivity contribution is 4.89. The van der Waals surface area contributed by atoms with Gasteiger partial charge in [-0.1, -0.05) is 26.7 Å². The molecule has 2 aliphatic rings. The van der Waals surface area contributed by atoms with Crippen LogP contribution in [0.25, 0.3) is 0 Å². The first kappa shape index (κ1) is 16.3. The molecular weight excluding hydrogens is 248 g/mol. The van der Waals surface area contributed by atoms with Gasteiger partial charge in [0.1, 0.15) is 0 Å². The van der Waals surface area contributed by atoms with E-state index in [0.29, 0.717) is 18.2 Å². The van der Waals surface area contributed by atoms with Gasteiger partial charge < -0.3 is 10.1 Å². The van der Waals surface area contributed by atoms with Gasteiger partial charge in [0.15, 0.2) is 0 Å². The van der Waals surface area contributed by atoms with E-state index in [2.05, 4.69) is 37.9 Å². The first-order valence-corrected chi connectivity index (χ1v) is 8.69. The fourth-order valence-electron chi connectivity index (χ4n) is 3.78. The highest BCUT2D eigenvalue weighted by Gasteiger charge is 2.35. The fourth-order valence-corrected chi connectivity index (χ4v) is 3.78.